The third-order valence-electron chi connectivity index (χ3n) is 4.35. The van der Waals surface area contributed by atoms with E-state index < -0.39 is 0 Å². The van der Waals surface area contributed by atoms with E-state index in [2.05, 4.69) is 33.6 Å². The fraction of sp³-hybridized carbons (Fsp3) is 0.588. The molecule has 0 saturated carbocycles. The van der Waals surface area contributed by atoms with E-state index >= 15 is 0 Å². The second kappa shape index (κ2) is 7.61. The van der Waals surface area contributed by atoms with E-state index in [1.54, 1.807) is 0 Å². The number of ether oxygens (including phenoxy) is 1. The average Bonchev–Trinajstić information content (AvgIpc) is 3.27. The maximum atomic E-state index is 12.6. The molecule has 7 heteroatoms. The molecule has 3 heterocycles. The average molecular weight is 331 g/mol. The summed E-state index contributed by atoms with van der Waals surface area (Å²) in [6.07, 6.45) is 6.10. The van der Waals surface area contributed by atoms with Gasteiger partial charge in [-0.3, -0.25) is 9.89 Å². The number of H-pyrrole nitrogens is 1. The highest BCUT2D eigenvalue weighted by molar-refractivity contribution is 5.76. The molecule has 0 spiro atoms. The molecule has 1 N–H and O–H groups in total. The molecule has 1 amide bonds. The summed E-state index contributed by atoms with van der Waals surface area (Å²) in [4.78, 5) is 18.9. The number of carbonyl (C=O) groups is 1. The molecule has 1 aliphatic heterocycles. The second-order valence-corrected chi connectivity index (χ2v) is 6.27. The molecule has 7 nitrogen and oxygen atoms in total. The highest BCUT2D eigenvalue weighted by atomic mass is 16.5. The number of carbonyl (C=O) groups excluding carboxylic acids is 1. The van der Waals surface area contributed by atoms with Gasteiger partial charge in [-0.25, -0.2) is 4.98 Å². The number of amides is 1. The Morgan fingerprint density at radius 1 is 1.46 bits per heavy atom. The maximum absolute atomic E-state index is 12.6. The van der Waals surface area contributed by atoms with E-state index in [1.165, 1.54) is 0 Å². The largest absolute Gasteiger partial charge is 0.366 e. The number of rotatable bonds is 6. The fourth-order valence-corrected chi connectivity index (χ4v) is 2.96. The summed E-state index contributed by atoms with van der Waals surface area (Å²) in [5.41, 5.74) is 0. The van der Waals surface area contributed by atoms with Gasteiger partial charge in [-0.2, -0.15) is 5.10 Å². The summed E-state index contributed by atoms with van der Waals surface area (Å²) in [6.45, 7) is 5.82. The summed E-state index contributed by atoms with van der Waals surface area (Å²) in [7, 11) is 0. The molecule has 24 heavy (non-hydrogen) atoms. The SMILES string of the molecule is CCCc1nc([C@@H]2CN(C(=O)C[C@@H](C)n3cccc3)CCO2)n[nH]1. The van der Waals surface area contributed by atoms with Crippen LogP contribution in [-0.2, 0) is 16.0 Å². The predicted octanol–water partition coefficient (Wildman–Crippen LogP) is 2.11. The number of aromatic amines is 1. The first kappa shape index (κ1) is 16.7. The zero-order valence-corrected chi connectivity index (χ0v) is 14.3. The van der Waals surface area contributed by atoms with E-state index in [9.17, 15) is 4.79 Å². The highest BCUT2D eigenvalue weighted by Gasteiger charge is 2.28. The molecule has 2 aromatic rings. The van der Waals surface area contributed by atoms with Gasteiger partial charge < -0.3 is 14.2 Å². The third-order valence-corrected chi connectivity index (χ3v) is 4.35. The first-order valence-electron chi connectivity index (χ1n) is 8.60. The zero-order valence-electron chi connectivity index (χ0n) is 14.3. The number of hydrogen-bond donors (Lipinski definition) is 1. The Labute approximate surface area is 142 Å². The molecule has 1 saturated heterocycles. The third kappa shape index (κ3) is 3.84. The Morgan fingerprint density at radius 3 is 3.00 bits per heavy atom. The van der Waals surface area contributed by atoms with Gasteiger partial charge >= 0.3 is 0 Å². The Kier molecular flexibility index (Phi) is 5.30. The first-order chi connectivity index (χ1) is 11.7. The molecule has 0 aromatic carbocycles. The van der Waals surface area contributed by atoms with Crippen LogP contribution in [0.1, 0.15) is 50.5 Å². The Balaban J connectivity index is 1.59. The van der Waals surface area contributed by atoms with Crippen LogP contribution in [0.15, 0.2) is 24.5 Å². The summed E-state index contributed by atoms with van der Waals surface area (Å²) >= 11 is 0. The van der Waals surface area contributed by atoms with Crippen LogP contribution in [0.3, 0.4) is 0 Å². The van der Waals surface area contributed by atoms with Gasteiger partial charge in [0.1, 0.15) is 11.9 Å². The van der Waals surface area contributed by atoms with Crippen molar-refractivity contribution in [3.63, 3.8) is 0 Å². The topological polar surface area (TPSA) is 76.0 Å². The summed E-state index contributed by atoms with van der Waals surface area (Å²) in [5, 5.41) is 7.20. The van der Waals surface area contributed by atoms with Crippen LogP contribution >= 0.6 is 0 Å². The van der Waals surface area contributed by atoms with E-state index in [0.717, 1.165) is 18.7 Å². The van der Waals surface area contributed by atoms with Crippen LogP contribution in [0, 0.1) is 0 Å². The molecular weight excluding hydrogens is 306 g/mol. The van der Waals surface area contributed by atoms with Gasteiger partial charge in [0, 0.05) is 37.8 Å². The molecule has 2 aromatic heterocycles. The second-order valence-electron chi connectivity index (χ2n) is 6.27. The smallest absolute Gasteiger partial charge is 0.224 e. The van der Waals surface area contributed by atoms with E-state index in [1.807, 2.05) is 29.4 Å². The van der Waals surface area contributed by atoms with Gasteiger partial charge in [0.2, 0.25) is 5.91 Å². The molecule has 0 radical (unpaired) electrons. The van der Waals surface area contributed by atoms with Crippen molar-refractivity contribution >= 4 is 5.91 Å². The number of morpholine rings is 1. The van der Waals surface area contributed by atoms with Crippen molar-refractivity contribution < 1.29 is 9.53 Å². The molecular formula is C17H25N5O2. The highest BCUT2D eigenvalue weighted by Crippen LogP contribution is 2.21. The van der Waals surface area contributed by atoms with E-state index in [0.29, 0.717) is 31.9 Å². The van der Waals surface area contributed by atoms with Crippen LogP contribution in [0.5, 0.6) is 0 Å². The van der Waals surface area contributed by atoms with Crippen molar-refractivity contribution in [2.45, 2.75) is 45.3 Å². The Morgan fingerprint density at radius 2 is 2.25 bits per heavy atom. The minimum atomic E-state index is -0.244. The van der Waals surface area contributed by atoms with Gasteiger partial charge in [-0.1, -0.05) is 6.92 Å². The van der Waals surface area contributed by atoms with Crippen LogP contribution in [0.2, 0.25) is 0 Å². The molecule has 0 bridgehead atoms. The van der Waals surface area contributed by atoms with Crippen molar-refractivity contribution in [3.8, 4) is 0 Å². The molecule has 1 fully saturated rings. The van der Waals surface area contributed by atoms with E-state index in [4.69, 9.17) is 4.74 Å². The van der Waals surface area contributed by atoms with Crippen molar-refractivity contribution in [3.05, 3.63) is 36.2 Å². The minimum absolute atomic E-state index is 0.147. The van der Waals surface area contributed by atoms with Gasteiger partial charge in [0.05, 0.1) is 13.2 Å². The maximum Gasteiger partial charge on any atom is 0.224 e. The molecule has 130 valence electrons. The lowest BCUT2D eigenvalue weighted by Crippen LogP contribution is -2.43. The number of hydrogen-bond acceptors (Lipinski definition) is 4. The lowest BCUT2D eigenvalue weighted by atomic mass is 10.2. The summed E-state index contributed by atoms with van der Waals surface area (Å²) in [5.74, 6) is 1.67. The number of aromatic nitrogens is 4. The molecule has 0 unspecified atom stereocenters. The number of nitrogens with zero attached hydrogens (tertiary/aromatic N) is 4. The minimum Gasteiger partial charge on any atom is -0.366 e. The Hall–Kier alpha value is -2.15. The number of aryl methyl sites for hydroxylation is 1. The molecule has 1 aliphatic rings. The monoisotopic (exact) mass is 331 g/mol. The van der Waals surface area contributed by atoms with Crippen LogP contribution in [0.25, 0.3) is 0 Å². The van der Waals surface area contributed by atoms with Gasteiger partial charge in [0.15, 0.2) is 5.82 Å². The lowest BCUT2D eigenvalue weighted by molar-refractivity contribution is -0.140. The van der Waals surface area contributed by atoms with Gasteiger partial charge in [0.25, 0.3) is 0 Å². The van der Waals surface area contributed by atoms with Crippen LogP contribution in [0.4, 0.5) is 0 Å². The van der Waals surface area contributed by atoms with E-state index in [-0.39, 0.29) is 18.1 Å². The molecule has 0 aliphatic carbocycles. The molecule has 3 rings (SSSR count). The lowest BCUT2D eigenvalue weighted by Gasteiger charge is -2.32. The fourth-order valence-electron chi connectivity index (χ4n) is 2.96. The van der Waals surface area contributed by atoms with Crippen molar-refractivity contribution in [2.75, 3.05) is 19.7 Å². The van der Waals surface area contributed by atoms with Crippen molar-refractivity contribution in [1.82, 2.24) is 24.6 Å². The predicted molar refractivity (Wildman–Crippen MR) is 89.4 cm³/mol. The van der Waals surface area contributed by atoms with Crippen LogP contribution < -0.4 is 0 Å². The van der Waals surface area contributed by atoms with Crippen LogP contribution in [-0.4, -0.2) is 50.3 Å². The van der Waals surface area contributed by atoms with Gasteiger partial charge in [-0.15, -0.1) is 0 Å². The Bertz CT molecular complexity index is 652. The normalized spacial score (nSPS) is 19.4. The summed E-state index contributed by atoms with van der Waals surface area (Å²) < 4.78 is 7.83. The first-order valence-corrected chi connectivity index (χ1v) is 8.60. The van der Waals surface area contributed by atoms with Crippen molar-refractivity contribution in [2.24, 2.45) is 0 Å². The number of nitrogens with one attached hydrogen (secondary N) is 1. The molecule has 2 atom stereocenters. The van der Waals surface area contributed by atoms with Crippen molar-refractivity contribution in [1.29, 1.82) is 0 Å². The van der Waals surface area contributed by atoms with Gasteiger partial charge in [-0.05, 0) is 25.5 Å². The quantitative estimate of drug-likeness (QED) is 0.879. The standard InChI is InChI=1S/C17H25N5O2/c1-3-6-15-18-17(20-19-15)14-12-22(9-10-24-14)16(23)11-13(2)21-7-4-5-8-21/h4-5,7-8,13-14H,3,6,9-12H2,1-2H3,(H,18,19,20)/t13-,14+/m1/s1. The zero-order chi connectivity index (χ0) is 16.9. The summed E-state index contributed by atoms with van der Waals surface area (Å²) in [6, 6.07) is 4.10.